The largest absolute Gasteiger partial charge is 0.481 e. The fourth-order valence-electron chi connectivity index (χ4n) is 1.59. The molecule has 6 nitrogen and oxygen atoms in total. The van der Waals surface area contributed by atoms with Crippen LogP contribution in [0.1, 0.15) is 27.2 Å². The van der Waals surface area contributed by atoms with E-state index < -0.39 is 27.1 Å². The minimum absolute atomic E-state index is 0.00546. The van der Waals surface area contributed by atoms with Crippen molar-refractivity contribution >= 4 is 27.4 Å². The summed E-state index contributed by atoms with van der Waals surface area (Å²) >= 11 is 0. The van der Waals surface area contributed by atoms with E-state index in [1.165, 1.54) is 38.1 Å². The predicted molar refractivity (Wildman–Crippen MR) is 78.8 cm³/mol. The van der Waals surface area contributed by atoms with E-state index in [1.807, 2.05) is 0 Å². The molecule has 1 aromatic rings. The molecule has 0 saturated heterocycles. The lowest BCUT2D eigenvalue weighted by molar-refractivity contribution is -0.148. The Bertz CT molecular complexity index is 632. The van der Waals surface area contributed by atoms with Crippen LogP contribution >= 0.6 is 0 Å². The van der Waals surface area contributed by atoms with Crippen molar-refractivity contribution in [3.05, 3.63) is 24.3 Å². The average Bonchev–Trinajstić information content (AvgIpc) is 2.38. The number of amides is 1. The molecule has 0 bridgehead atoms. The number of carbonyl (C=O) groups excluding carboxylic acids is 1. The Morgan fingerprint density at radius 3 is 2.14 bits per heavy atom. The van der Waals surface area contributed by atoms with E-state index in [0.29, 0.717) is 5.69 Å². The van der Waals surface area contributed by atoms with Gasteiger partial charge in [-0.1, -0.05) is 6.92 Å². The number of sulfone groups is 1. The van der Waals surface area contributed by atoms with E-state index in [0.717, 1.165) is 0 Å². The van der Waals surface area contributed by atoms with Gasteiger partial charge in [0.2, 0.25) is 5.91 Å². The number of carboxylic acid groups (broad SMARTS) is 1. The van der Waals surface area contributed by atoms with Crippen molar-refractivity contribution in [3.63, 3.8) is 0 Å². The number of hydrogen-bond donors (Lipinski definition) is 2. The molecule has 0 radical (unpaired) electrons. The van der Waals surface area contributed by atoms with E-state index in [-0.39, 0.29) is 17.1 Å². The summed E-state index contributed by atoms with van der Waals surface area (Å²) in [4.78, 5) is 22.9. The van der Waals surface area contributed by atoms with Gasteiger partial charge in [0, 0.05) is 12.1 Å². The summed E-state index contributed by atoms with van der Waals surface area (Å²) in [7, 11) is -3.27. The van der Waals surface area contributed by atoms with Crippen LogP contribution in [0.4, 0.5) is 5.69 Å². The van der Waals surface area contributed by atoms with E-state index in [9.17, 15) is 18.0 Å². The van der Waals surface area contributed by atoms with Gasteiger partial charge in [-0.2, -0.15) is 0 Å². The van der Waals surface area contributed by atoms with Crippen molar-refractivity contribution in [1.29, 1.82) is 0 Å². The quantitative estimate of drug-likeness (QED) is 0.835. The molecule has 0 heterocycles. The highest BCUT2D eigenvalue weighted by molar-refractivity contribution is 7.91. The molecule has 0 spiro atoms. The lowest BCUT2D eigenvalue weighted by Crippen LogP contribution is -2.29. The Kier molecular flexibility index (Phi) is 5.11. The Labute approximate surface area is 124 Å². The molecule has 1 amide bonds. The molecule has 0 atom stereocenters. The zero-order chi connectivity index (χ0) is 16.3. The van der Waals surface area contributed by atoms with Crippen LogP contribution in [0.3, 0.4) is 0 Å². The average molecular weight is 313 g/mol. The second-order valence-corrected chi connectivity index (χ2v) is 7.62. The Morgan fingerprint density at radius 1 is 1.19 bits per heavy atom. The molecule has 0 fully saturated rings. The third-order valence-electron chi connectivity index (χ3n) is 3.06. The number of aliphatic carboxylic acids is 1. The van der Waals surface area contributed by atoms with Gasteiger partial charge >= 0.3 is 5.97 Å². The van der Waals surface area contributed by atoms with Crippen molar-refractivity contribution in [2.45, 2.75) is 32.1 Å². The minimum atomic E-state index is -3.27. The van der Waals surface area contributed by atoms with Crippen LogP contribution in [0.25, 0.3) is 0 Å². The molecule has 1 aromatic carbocycles. The van der Waals surface area contributed by atoms with E-state index >= 15 is 0 Å². The summed E-state index contributed by atoms with van der Waals surface area (Å²) in [6, 6.07) is 5.79. The van der Waals surface area contributed by atoms with Crippen LogP contribution < -0.4 is 5.32 Å². The molecule has 1 rings (SSSR count). The molecule has 0 unspecified atom stereocenters. The van der Waals surface area contributed by atoms with Crippen molar-refractivity contribution in [1.82, 2.24) is 0 Å². The number of carboxylic acids is 1. The van der Waals surface area contributed by atoms with Gasteiger partial charge in [-0.15, -0.1) is 0 Å². The molecule has 7 heteroatoms. The number of anilines is 1. The van der Waals surface area contributed by atoms with Crippen molar-refractivity contribution in [3.8, 4) is 0 Å². The van der Waals surface area contributed by atoms with Gasteiger partial charge in [-0.05, 0) is 38.1 Å². The highest BCUT2D eigenvalue weighted by atomic mass is 32.2. The molecule has 0 aliphatic rings. The maximum Gasteiger partial charge on any atom is 0.309 e. The molecule has 0 saturated carbocycles. The maximum absolute atomic E-state index is 11.8. The Morgan fingerprint density at radius 2 is 1.71 bits per heavy atom. The number of hydrogen-bond acceptors (Lipinski definition) is 4. The number of benzene rings is 1. The van der Waals surface area contributed by atoms with Crippen LogP contribution in [0.15, 0.2) is 29.2 Å². The SMILES string of the molecule is CCS(=O)(=O)c1ccc(NC(=O)CC(C)(C)C(=O)O)cc1. The van der Waals surface area contributed by atoms with Gasteiger partial charge in [0.25, 0.3) is 0 Å². The van der Waals surface area contributed by atoms with Gasteiger partial charge in [-0.25, -0.2) is 8.42 Å². The highest BCUT2D eigenvalue weighted by Gasteiger charge is 2.30. The summed E-state index contributed by atoms with van der Waals surface area (Å²) < 4.78 is 23.3. The maximum atomic E-state index is 11.8. The zero-order valence-corrected chi connectivity index (χ0v) is 13.0. The summed E-state index contributed by atoms with van der Waals surface area (Å²) in [6.45, 7) is 4.48. The molecular formula is C14H19NO5S. The third-order valence-corrected chi connectivity index (χ3v) is 4.81. The first-order valence-electron chi connectivity index (χ1n) is 6.44. The third kappa shape index (κ3) is 4.56. The molecule has 0 aromatic heterocycles. The predicted octanol–water partition coefficient (Wildman–Crippen LogP) is 1.92. The van der Waals surface area contributed by atoms with E-state index in [1.54, 1.807) is 6.92 Å². The molecule has 116 valence electrons. The van der Waals surface area contributed by atoms with Crippen LogP contribution in [-0.4, -0.2) is 31.2 Å². The van der Waals surface area contributed by atoms with Crippen molar-refractivity contribution in [2.75, 3.05) is 11.1 Å². The normalized spacial score (nSPS) is 12.0. The zero-order valence-electron chi connectivity index (χ0n) is 12.2. The van der Waals surface area contributed by atoms with Crippen molar-refractivity contribution < 1.29 is 23.1 Å². The molecule has 21 heavy (non-hydrogen) atoms. The van der Waals surface area contributed by atoms with Gasteiger partial charge in [0.05, 0.1) is 16.1 Å². The lowest BCUT2D eigenvalue weighted by Gasteiger charge is -2.18. The summed E-state index contributed by atoms with van der Waals surface area (Å²) in [5.41, 5.74) is -0.730. The lowest BCUT2D eigenvalue weighted by atomic mass is 9.89. The van der Waals surface area contributed by atoms with Crippen LogP contribution in [-0.2, 0) is 19.4 Å². The molecule has 2 N–H and O–H groups in total. The number of rotatable bonds is 6. The van der Waals surface area contributed by atoms with Gasteiger partial charge in [0.15, 0.2) is 9.84 Å². The van der Waals surface area contributed by atoms with Gasteiger partial charge in [-0.3, -0.25) is 9.59 Å². The topological polar surface area (TPSA) is 101 Å². The van der Waals surface area contributed by atoms with Crippen LogP contribution in [0.5, 0.6) is 0 Å². The van der Waals surface area contributed by atoms with Crippen LogP contribution in [0, 0.1) is 5.41 Å². The molecular weight excluding hydrogens is 294 g/mol. The summed E-state index contributed by atoms with van der Waals surface area (Å²) in [5.74, 6) is -1.48. The summed E-state index contributed by atoms with van der Waals surface area (Å²) in [5, 5.41) is 11.5. The van der Waals surface area contributed by atoms with E-state index in [4.69, 9.17) is 5.11 Å². The summed E-state index contributed by atoms with van der Waals surface area (Å²) in [6.07, 6.45) is -0.169. The number of nitrogens with one attached hydrogen (secondary N) is 1. The first-order chi connectivity index (χ1) is 9.58. The first-order valence-corrected chi connectivity index (χ1v) is 8.10. The number of carbonyl (C=O) groups is 2. The second-order valence-electron chi connectivity index (χ2n) is 5.34. The van der Waals surface area contributed by atoms with E-state index in [2.05, 4.69) is 5.32 Å². The van der Waals surface area contributed by atoms with Crippen LogP contribution in [0.2, 0.25) is 0 Å². The fraction of sp³-hybridized carbons (Fsp3) is 0.429. The smallest absolute Gasteiger partial charge is 0.309 e. The van der Waals surface area contributed by atoms with Crippen molar-refractivity contribution in [2.24, 2.45) is 5.41 Å². The molecule has 0 aliphatic carbocycles. The Hall–Kier alpha value is -1.89. The van der Waals surface area contributed by atoms with Gasteiger partial charge < -0.3 is 10.4 Å². The standard InChI is InChI=1S/C14H19NO5S/c1-4-21(19,20)11-7-5-10(6-8-11)15-12(16)9-14(2,3)13(17)18/h5-8H,4,9H2,1-3H3,(H,15,16)(H,17,18). The second kappa shape index (κ2) is 6.26. The monoisotopic (exact) mass is 313 g/mol. The van der Waals surface area contributed by atoms with Gasteiger partial charge in [0.1, 0.15) is 0 Å². The molecule has 0 aliphatic heterocycles. The Balaban J connectivity index is 2.77. The highest BCUT2D eigenvalue weighted by Crippen LogP contribution is 2.22. The minimum Gasteiger partial charge on any atom is -0.481 e. The fourth-order valence-corrected chi connectivity index (χ4v) is 2.48. The first kappa shape index (κ1) is 17.2.